The van der Waals surface area contributed by atoms with Crippen LogP contribution in [0.2, 0.25) is 0 Å². The second kappa shape index (κ2) is 11.7. The van der Waals surface area contributed by atoms with E-state index in [9.17, 15) is 19.5 Å². The van der Waals surface area contributed by atoms with Crippen LogP contribution >= 0.6 is 27.7 Å². The Morgan fingerprint density at radius 1 is 1.15 bits per heavy atom. The lowest BCUT2D eigenvalue weighted by molar-refractivity contribution is -0.143. The van der Waals surface area contributed by atoms with E-state index in [2.05, 4.69) is 26.6 Å². The first-order valence-electron chi connectivity index (χ1n) is 13.8. The monoisotopic (exact) mass is 629 g/mol. The van der Waals surface area contributed by atoms with Crippen LogP contribution in [0.15, 0.2) is 54.6 Å². The van der Waals surface area contributed by atoms with Crippen LogP contribution in [-0.2, 0) is 20.9 Å². The second-order valence-electron chi connectivity index (χ2n) is 11.1. The standard InChI is InChI=1S/C30H36BrN3O5S/c1-4-39-20-12-10-19(11-13-20)33-27(36)23-24-29(38)34(22(16-35)17(2)3)26(30(24)14-21(31)25(23)40-30)28(37)32-15-18-8-6-5-7-9-18/h5-13,17,21-26,35H,4,14-16H2,1-3H3,(H,32,37)(H,33,36)/t21?,22-,23+,24-,25+,26?,30?/m0/s1. The van der Waals surface area contributed by atoms with E-state index < -0.39 is 28.7 Å². The van der Waals surface area contributed by atoms with E-state index in [1.807, 2.05) is 51.1 Å². The van der Waals surface area contributed by atoms with Crippen molar-refractivity contribution in [3.63, 3.8) is 0 Å². The topological polar surface area (TPSA) is 108 Å². The molecule has 3 aliphatic rings. The number of aliphatic hydroxyl groups is 1. The number of carbonyl (C=O) groups excluding carboxylic acids is 3. The average molecular weight is 631 g/mol. The number of alkyl halides is 1. The molecule has 1 spiro atoms. The summed E-state index contributed by atoms with van der Waals surface area (Å²) in [5.41, 5.74) is 1.58. The predicted molar refractivity (Wildman–Crippen MR) is 159 cm³/mol. The van der Waals surface area contributed by atoms with Gasteiger partial charge in [0.05, 0.1) is 35.8 Å². The van der Waals surface area contributed by atoms with Crippen molar-refractivity contribution in [2.75, 3.05) is 18.5 Å². The minimum atomic E-state index is -0.799. The van der Waals surface area contributed by atoms with E-state index in [1.54, 1.807) is 40.9 Å². The zero-order valence-corrected chi connectivity index (χ0v) is 25.3. The van der Waals surface area contributed by atoms with Crippen LogP contribution in [0, 0.1) is 17.8 Å². The van der Waals surface area contributed by atoms with Crippen molar-refractivity contribution in [3.05, 3.63) is 60.2 Å². The van der Waals surface area contributed by atoms with Gasteiger partial charge in [-0.25, -0.2) is 0 Å². The fraction of sp³-hybridized carbons (Fsp3) is 0.500. The van der Waals surface area contributed by atoms with Crippen LogP contribution in [0.1, 0.15) is 32.8 Å². The van der Waals surface area contributed by atoms with Gasteiger partial charge in [0.15, 0.2) is 0 Å². The Kier molecular flexibility index (Phi) is 8.50. The van der Waals surface area contributed by atoms with Gasteiger partial charge in [-0.05, 0) is 49.1 Å². The summed E-state index contributed by atoms with van der Waals surface area (Å²) in [4.78, 5) is 43.6. The molecule has 10 heteroatoms. The van der Waals surface area contributed by atoms with Crippen LogP contribution in [0.4, 0.5) is 5.69 Å². The molecule has 0 aromatic heterocycles. The smallest absolute Gasteiger partial charge is 0.244 e. The lowest BCUT2D eigenvalue weighted by Crippen LogP contribution is -2.57. The molecule has 0 saturated carbocycles. The molecule has 3 heterocycles. The van der Waals surface area contributed by atoms with Gasteiger partial charge in [-0.1, -0.05) is 60.1 Å². The Morgan fingerprint density at radius 3 is 2.48 bits per heavy atom. The summed E-state index contributed by atoms with van der Waals surface area (Å²) in [7, 11) is 0. The van der Waals surface area contributed by atoms with E-state index in [1.165, 1.54) is 0 Å². The molecule has 7 atom stereocenters. The number of nitrogens with one attached hydrogen (secondary N) is 2. The number of ether oxygens (including phenoxy) is 1. The Balaban J connectivity index is 1.46. The number of likely N-dealkylation sites (tertiary alicyclic amines) is 1. The first kappa shape index (κ1) is 29.0. The highest BCUT2D eigenvalue weighted by atomic mass is 79.9. The molecule has 2 aromatic carbocycles. The number of aliphatic hydroxyl groups excluding tert-OH is 1. The molecule has 2 aromatic rings. The maximum Gasteiger partial charge on any atom is 0.244 e. The molecule has 3 amide bonds. The number of hydrogen-bond donors (Lipinski definition) is 3. The number of halogens is 1. The van der Waals surface area contributed by atoms with E-state index >= 15 is 0 Å². The maximum absolute atomic E-state index is 14.3. The van der Waals surface area contributed by atoms with E-state index in [-0.39, 0.29) is 40.3 Å². The van der Waals surface area contributed by atoms with Gasteiger partial charge in [-0.15, -0.1) is 11.8 Å². The molecule has 3 saturated heterocycles. The number of rotatable bonds is 10. The lowest BCUT2D eigenvalue weighted by atomic mass is 9.70. The number of carbonyl (C=O) groups is 3. The number of fused-ring (bicyclic) bond motifs is 1. The highest BCUT2D eigenvalue weighted by Gasteiger charge is 2.76. The third-order valence-corrected chi connectivity index (χ3v) is 11.6. The largest absolute Gasteiger partial charge is 0.494 e. The van der Waals surface area contributed by atoms with Crippen LogP contribution < -0.4 is 15.4 Å². The highest BCUT2D eigenvalue weighted by Crippen LogP contribution is 2.68. The van der Waals surface area contributed by atoms with Crippen molar-refractivity contribution in [2.45, 2.75) is 60.6 Å². The summed E-state index contributed by atoms with van der Waals surface area (Å²) in [5, 5.41) is 16.3. The number of benzene rings is 2. The van der Waals surface area contributed by atoms with Crippen molar-refractivity contribution >= 4 is 51.1 Å². The molecule has 3 aliphatic heterocycles. The molecule has 0 aliphatic carbocycles. The van der Waals surface area contributed by atoms with Gasteiger partial charge in [0, 0.05) is 22.3 Å². The third-order valence-electron chi connectivity index (χ3n) is 8.33. The summed E-state index contributed by atoms with van der Waals surface area (Å²) < 4.78 is 4.73. The number of hydrogen-bond acceptors (Lipinski definition) is 6. The molecule has 3 unspecified atom stereocenters. The summed E-state index contributed by atoms with van der Waals surface area (Å²) in [5.74, 6) is -1.37. The van der Waals surface area contributed by atoms with E-state index in [4.69, 9.17) is 4.74 Å². The molecule has 2 bridgehead atoms. The predicted octanol–water partition coefficient (Wildman–Crippen LogP) is 3.82. The summed E-state index contributed by atoms with van der Waals surface area (Å²) in [6.45, 7) is 6.40. The highest BCUT2D eigenvalue weighted by molar-refractivity contribution is 9.09. The van der Waals surface area contributed by atoms with Crippen molar-refractivity contribution < 1.29 is 24.2 Å². The third kappa shape index (κ3) is 5.03. The van der Waals surface area contributed by atoms with Crippen LogP contribution in [0.25, 0.3) is 0 Å². The quantitative estimate of drug-likeness (QED) is 0.345. The first-order chi connectivity index (χ1) is 19.2. The first-order valence-corrected chi connectivity index (χ1v) is 15.6. The molecule has 3 fully saturated rings. The second-order valence-corrected chi connectivity index (χ2v) is 13.8. The van der Waals surface area contributed by atoms with Gasteiger partial charge < -0.3 is 25.4 Å². The molecular formula is C30H36BrN3O5S. The Hall–Kier alpha value is -2.56. The van der Waals surface area contributed by atoms with E-state index in [0.717, 1.165) is 5.56 Å². The summed E-state index contributed by atoms with van der Waals surface area (Å²) in [6, 6.07) is 15.5. The van der Waals surface area contributed by atoms with E-state index in [0.29, 0.717) is 31.0 Å². The molecular weight excluding hydrogens is 594 g/mol. The number of amides is 3. The molecule has 3 N–H and O–H groups in total. The van der Waals surface area contributed by atoms with Gasteiger partial charge in [-0.3, -0.25) is 14.4 Å². The zero-order chi connectivity index (χ0) is 28.6. The Labute approximate surface area is 247 Å². The van der Waals surface area contributed by atoms with Crippen molar-refractivity contribution in [3.8, 4) is 5.75 Å². The number of thioether (sulfide) groups is 1. The van der Waals surface area contributed by atoms with Gasteiger partial charge >= 0.3 is 0 Å². The fourth-order valence-electron chi connectivity index (χ4n) is 6.55. The molecule has 8 nitrogen and oxygen atoms in total. The molecule has 40 heavy (non-hydrogen) atoms. The van der Waals surface area contributed by atoms with Gasteiger partial charge in [-0.2, -0.15) is 0 Å². The molecule has 214 valence electrons. The maximum atomic E-state index is 14.3. The molecule has 0 radical (unpaired) electrons. The number of nitrogens with zero attached hydrogens (tertiary/aromatic N) is 1. The molecule has 5 rings (SSSR count). The Bertz CT molecular complexity index is 1250. The van der Waals surface area contributed by atoms with Crippen molar-refractivity contribution in [1.82, 2.24) is 10.2 Å². The number of anilines is 1. The van der Waals surface area contributed by atoms with Crippen molar-refractivity contribution in [1.29, 1.82) is 0 Å². The minimum Gasteiger partial charge on any atom is -0.494 e. The SMILES string of the molecule is CCOc1ccc(NC(=O)[C@H]2[C@@H]3SC4(CC3Br)C(C(=O)NCc3ccccc3)N([C@@H](CO)C(C)C)C(=O)[C@H]24)cc1. The normalized spacial score (nSPS) is 29.4. The minimum absolute atomic E-state index is 0.0337. The van der Waals surface area contributed by atoms with Gasteiger partial charge in [0.25, 0.3) is 0 Å². The van der Waals surface area contributed by atoms with Gasteiger partial charge in [0.2, 0.25) is 17.7 Å². The zero-order valence-electron chi connectivity index (χ0n) is 22.9. The average Bonchev–Trinajstić information content (AvgIpc) is 3.53. The summed E-state index contributed by atoms with van der Waals surface area (Å²) >= 11 is 5.38. The van der Waals surface area contributed by atoms with Crippen LogP contribution in [0.5, 0.6) is 5.75 Å². The van der Waals surface area contributed by atoms with Crippen molar-refractivity contribution in [2.24, 2.45) is 17.8 Å². The summed E-state index contributed by atoms with van der Waals surface area (Å²) in [6.07, 6.45) is 0.585. The Morgan fingerprint density at radius 2 is 1.85 bits per heavy atom. The fourth-order valence-corrected chi connectivity index (χ4v) is 10.2. The van der Waals surface area contributed by atoms with Crippen LogP contribution in [0.3, 0.4) is 0 Å². The van der Waals surface area contributed by atoms with Gasteiger partial charge in [0.1, 0.15) is 11.8 Å². The lowest BCUT2D eigenvalue weighted by Gasteiger charge is -2.38. The van der Waals surface area contributed by atoms with Crippen LogP contribution in [-0.4, -0.2) is 67.8 Å².